The molecular formula is C29H29BrN2O5. The van der Waals surface area contributed by atoms with Crippen LogP contribution in [0.1, 0.15) is 44.2 Å². The summed E-state index contributed by atoms with van der Waals surface area (Å²) < 4.78 is -1.41. The minimum Gasteiger partial charge on any atom is -0.480 e. The number of benzene rings is 2. The topological polar surface area (TPSA) is 118 Å². The number of rotatable bonds is 8. The smallest absolute Gasteiger partial charge is 0.320 e. The molecule has 1 heterocycles. The second-order valence-corrected chi connectivity index (χ2v) is 11.8. The zero-order chi connectivity index (χ0) is 26.8. The molecule has 5 atom stereocenters. The zero-order valence-corrected chi connectivity index (χ0v) is 22.3. The summed E-state index contributed by atoms with van der Waals surface area (Å²) in [5, 5.41) is 9.02. The van der Waals surface area contributed by atoms with Crippen molar-refractivity contribution in [1.82, 2.24) is 4.90 Å². The van der Waals surface area contributed by atoms with E-state index in [1.54, 1.807) is 13.8 Å². The van der Waals surface area contributed by atoms with Gasteiger partial charge < -0.3 is 10.8 Å². The number of carboxylic acids is 1. The average Bonchev–Trinajstić information content (AvgIpc) is 3.27. The van der Waals surface area contributed by atoms with E-state index >= 15 is 0 Å². The SMILES string of the molecule is CC12C(=O)C(C)(C(c3ccccc3)=C1c1ccccc1)C1(Br)C(=O)N(CCCCC(N)C(=O)O)C(=O)C21. The highest BCUT2D eigenvalue weighted by Gasteiger charge is 2.85. The number of halogens is 1. The van der Waals surface area contributed by atoms with E-state index in [0.29, 0.717) is 12.8 Å². The monoisotopic (exact) mass is 564 g/mol. The zero-order valence-electron chi connectivity index (χ0n) is 20.7. The Kier molecular flexibility index (Phi) is 6.03. The van der Waals surface area contributed by atoms with E-state index in [1.807, 2.05) is 60.7 Å². The summed E-state index contributed by atoms with van der Waals surface area (Å²) >= 11 is 3.73. The van der Waals surface area contributed by atoms with Crippen LogP contribution in [0.3, 0.4) is 0 Å². The van der Waals surface area contributed by atoms with E-state index in [1.165, 1.54) is 4.90 Å². The summed E-state index contributed by atoms with van der Waals surface area (Å²) in [4.78, 5) is 54.5. The van der Waals surface area contributed by atoms with E-state index in [4.69, 9.17) is 10.8 Å². The molecule has 5 rings (SSSR count). The van der Waals surface area contributed by atoms with Crippen LogP contribution in [0, 0.1) is 16.7 Å². The molecule has 1 saturated carbocycles. The minimum absolute atomic E-state index is 0.131. The van der Waals surface area contributed by atoms with Crippen LogP contribution < -0.4 is 5.73 Å². The van der Waals surface area contributed by atoms with Crippen LogP contribution in [0.15, 0.2) is 60.7 Å². The lowest BCUT2D eigenvalue weighted by atomic mass is 9.63. The molecule has 1 saturated heterocycles. The van der Waals surface area contributed by atoms with Crippen molar-refractivity contribution in [2.75, 3.05) is 6.54 Å². The number of likely N-dealkylation sites (tertiary alicyclic amines) is 1. The summed E-state index contributed by atoms with van der Waals surface area (Å²) in [6, 6.07) is 18.2. The van der Waals surface area contributed by atoms with Gasteiger partial charge in [0.25, 0.3) is 0 Å². The second-order valence-electron chi connectivity index (χ2n) is 10.5. The second kappa shape index (κ2) is 8.74. The summed E-state index contributed by atoms with van der Waals surface area (Å²) in [5.41, 5.74) is 6.39. The number of carbonyl (C=O) groups excluding carboxylic acids is 3. The summed E-state index contributed by atoms with van der Waals surface area (Å²) in [6.07, 6.45) is 1.14. The Bertz CT molecular complexity index is 1340. The van der Waals surface area contributed by atoms with Gasteiger partial charge >= 0.3 is 5.97 Å². The lowest BCUT2D eigenvalue weighted by Crippen LogP contribution is -2.50. The largest absolute Gasteiger partial charge is 0.480 e. The third-order valence-corrected chi connectivity index (χ3v) is 10.1. The number of ketones is 1. The first-order valence-corrected chi connectivity index (χ1v) is 13.3. The molecule has 2 aromatic rings. The van der Waals surface area contributed by atoms with Gasteiger partial charge in [0, 0.05) is 6.54 Å². The summed E-state index contributed by atoms with van der Waals surface area (Å²) in [7, 11) is 0. The number of Topliss-reactive ketones (excluding diaryl/α,β-unsaturated/α-hetero) is 1. The summed E-state index contributed by atoms with van der Waals surface area (Å²) in [5.74, 6) is -2.89. The molecule has 1 aliphatic heterocycles. The molecule has 8 heteroatoms. The standard InChI is InChI=1S/C29H29BrN2O5/c1-27-20(17-11-5-3-6-12-17)21(18-13-7-4-8-14-18)28(2,25(27)36)29(30)22(27)23(33)32(26(29)37)16-10-9-15-19(31)24(34)35/h3-8,11-14,19,22H,9-10,15-16,31H2,1-2H3,(H,34,35). The van der Waals surface area contributed by atoms with Crippen molar-refractivity contribution in [2.45, 2.75) is 43.5 Å². The third-order valence-electron chi connectivity index (χ3n) is 8.56. The Labute approximate surface area is 223 Å². The highest BCUT2D eigenvalue weighted by molar-refractivity contribution is 9.10. The van der Waals surface area contributed by atoms with Gasteiger partial charge in [0.2, 0.25) is 11.8 Å². The first-order valence-electron chi connectivity index (χ1n) is 12.5. The van der Waals surface area contributed by atoms with Crippen LogP contribution in [-0.2, 0) is 19.2 Å². The maximum Gasteiger partial charge on any atom is 0.320 e. The third kappa shape index (κ3) is 3.21. The molecule has 3 N–H and O–H groups in total. The van der Waals surface area contributed by atoms with Gasteiger partial charge in [-0.25, -0.2) is 0 Å². The molecule has 5 unspecified atom stereocenters. The first kappa shape index (κ1) is 25.5. The van der Waals surface area contributed by atoms with Gasteiger partial charge in [-0.3, -0.25) is 24.1 Å². The lowest BCUT2D eigenvalue weighted by molar-refractivity contribution is -0.144. The van der Waals surface area contributed by atoms with Gasteiger partial charge in [0.15, 0.2) is 5.78 Å². The van der Waals surface area contributed by atoms with Gasteiger partial charge in [0.05, 0.1) is 16.7 Å². The molecule has 2 aromatic carbocycles. The number of aliphatic carboxylic acids is 1. The van der Waals surface area contributed by atoms with Gasteiger partial charge in [-0.1, -0.05) is 76.6 Å². The van der Waals surface area contributed by atoms with Crippen LogP contribution >= 0.6 is 15.9 Å². The highest BCUT2D eigenvalue weighted by atomic mass is 79.9. The van der Waals surface area contributed by atoms with Crippen molar-refractivity contribution in [3.05, 3.63) is 71.8 Å². The summed E-state index contributed by atoms with van der Waals surface area (Å²) in [6.45, 7) is 3.75. The molecule has 3 aliphatic rings. The fourth-order valence-corrected chi connectivity index (χ4v) is 8.07. The van der Waals surface area contributed by atoms with Crippen molar-refractivity contribution in [3.8, 4) is 0 Å². The number of unbranched alkanes of at least 4 members (excludes halogenated alkanes) is 1. The number of hydrogen-bond donors (Lipinski definition) is 2. The van der Waals surface area contributed by atoms with E-state index in [2.05, 4.69) is 15.9 Å². The number of fused-ring (bicyclic) bond motifs is 5. The highest BCUT2D eigenvalue weighted by Crippen LogP contribution is 2.77. The molecule has 0 spiro atoms. The number of nitrogens with two attached hydrogens (primary N) is 1. The Morgan fingerprint density at radius 2 is 1.51 bits per heavy atom. The van der Waals surface area contributed by atoms with Crippen molar-refractivity contribution >= 4 is 50.6 Å². The molecule has 0 aromatic heterocycles. The van der Waals surface area contributed by atoms with Gasteiger partial charge in [-0.2, -0.15) is 0 Å². The van der Waals surface area contributed by atoms with E-state index in [9.17, 15) is 19.2 Å². The van der Waals surface area contributed by atoms with Crippen LogP contribution in [0.4, 0.5) is 0 Å². The Morgan fingerprint density at radius 1 is 0.973 bits per heavy atom. The maximum absolute atomic E-state index is 14.3. The number of amides is 2. The van der Waals surface area contributed by atoms with Crippen molar-refractivity contribution in [3.63, 3.8) is 0 Å². The number of allylic oxidation sites excluding steroid dienone is 2. The van der Waals surface area contributed by atoms with Gasteiger partial charge in [0.1, 0.15) is 10.4 Å². The fraction of sp³-hybridized carbons (Fsp3) is 0.379. The van der Waals surface area contributed by atoms with E-state index in [-0.39, 0.29) is 24.7 Å². The molecule has 0 radical (unpaired) electrons. The first-order chi connectivity index (χ1) is 17.5. The van der Waals surface area contributed by atoms with Gasteiger partial charge in [-0.15, -0.1) is 0 Å². The predicted molar refractivity (Wildman–Crippen MR) is 142 cm³/mol. The molecule has 2 amide bonds. The van der Waals surface area contributed by atoms with Crippen LogP contribution in [0.2, 0.25) is 0 Å². The van der Waals surface area contributed by atoms with E-state index in [0.717, 1.165) is 22.3 Å². The molecule has 2 aliphatic carbocycles. The molecule has 192 valence electrons. The number of alkyl halides is 1. The number of imide groups is 1. The molecule has 37 heavy (non-hydrogen) atoms. The molecule has 2 fully saturated rings. The van der Waals surface area contributed by atoms with Crippen LogP contribution in [0.25, 0.3) is 11.1 Å². The van der Waals surface area contributed by atoms with E-state index < -0.39 is 39.0 Å². The lowest BCUT2D eigenvalue weighted by Gasteiger charge is -2.41. The molecular weight excluding hydrogens is 536 g/mol. The predicted octanol–water partition coefficient (Wildman–Crippen LogP) is 3.91. The molecule has 2 bridgehead atoms. The van der Waals surface area contributed by atoms with Crippen molar-refractivity contribution < 1.29 is 24.3 Å². The van der Waals surface area contributed by atoms with Crippen LogP contribution in [0.5, 0.6) is 0 Å². The van der Waals surface area contributed by atoms with Crippen LogP contribution in [-0.4, -0.2) is 50.5 Å². The quantitative estimate of drug-likeness (QED) is 0.285. The Balaban J connectivity index is 1.60. The number of carbonyl (C=O) groups is 4. The maximum atomic E-state index is 14.3. The average molecular weight is 565 g/mol. The van der Waals surface area contributed by atoms with Crippen molar-refractivity contribution in [1.29, 1.82) is 0 Å². The number of nitrogens with zero attached hydrogens (tertiary/aromatic N) is 1. The fourth-order valence-electron chi connectivity index (χ4n) is 6.83. The molecule has 7 nitrogen and oxygen atoms in total. The normalized spacial score (nSPS) is 31.3. The number of carboxylic acid groups (broad SMARTS) is 1. The van der Waals surface area contributed by atoms with Crippen molar-refractivity contribution in [2.24, 2.45) is 22.5 Å². The Morgan fingerprint density at radius 3 is 2.05 bits per heavy atom. The van der Waals surface area contributed by atoms with Gasteiger partial charge in [-0.05, 0) is 55.4 Å². The Hall–Kier alpha value is -3.10. The minimum atomic E-state index is -1.41. The number of hydrogen-bond acceptors (Lipinski definition) is 5.